The van der Waals surface area contributed by atoms with Crippen molar-refractivity contribution in [2.75, 3.05) is 7.05 Å². The second-order valence-electron chi connectivity index (χ2n) is 11.2. The number of nitrogens with zero attached hydrogens (tertiary/aromatic N) is 3. The van der Waals surface area contributed by atoms with Gasteiger partial charge in [-0.3, -0.25) is 9.59 Å². The molecule has 2 amide bonds. The summed E-state index contributed by atoms with van der Waals surface area (Å²) in [6, 6.07) is 25.2. The normalized spacial score (nSPS) is 14.2. The minimum Gasteiger partial charge on any atom is -0.348 e. The smallest absolute Gasteiger partial charge is 0.254 e. The van der Waals surface area contributed by atoms with Crippen LogP contribution in [-0.2, 0) is 26.2 Å². The highest BCUT2D eigenvalue weighted by molar-refractivity contribution is 6.15. The molecule has 41 heavy (non-hydrogen) atoms. The summed E-state index contributed by atoms with van der Waals surface area (Å²) < 4.78 is 4.75. The van der Waals surface area contributed by atoms with Crippen molar-refractivity contribution in [2.45, 2.75) is 52.9 Å². The molecule has 8 rings (SSSR count). The van der Waals surface area contributed by atoms with Crippen LogP contribution in [0.2, 0.25) is 0 Å². The van der Waals surface area contributed by atoms with E-state index in [-0.39, 0.29) is 11.8 Å². The number of carbonyl (C=O) groups excluding carboxylic acids is 2. The number of nitrogens with one attached hydrogen (secondary N) is 1. The highest BCUT2D eigenvalue weighted by Crippen LogP contribution is 2.37. The standard InChI is InChI=1S/C18H18N2O.C17H16N2O/c1-3-10-20-15-7-5-4-6-13(15)17-14-11-19(2)18(21)12(14)8-9-16(17)20;1-2-9-19-14-6-4-3-5-12(14)16-13-10-18-17(20)11(13)7-8-15(16)19/h4-9H,3,10-11H2,1-2H3;3-8H,2,9-10H2,1H3,(H,18,20). The molecule has 6 nitrogen and oxygen atoms in total. The zero-order chi connectivity index (χ0) is 28.2. The maximum Gasteiger partial charge on any atom is 0.254 e. The van der Waals surface area contributed by atoms with Crippen LogP contribution in [0.4, 0.5) is 0 Å². The van der Waals surface area contributed by atoms with Crippen molar-refractivity contribution in [2.24, 2.45) is 0 Å². The number of amides is 2. The maximum absolute atomic E-state index is 12.2. The maximum atomic E-state index is 12.2. The zero-order valence-corrected chi connectivity index (χ0v) is 23.8. The molecular formula is C35H34N4O2. The van der Waals surface area contributed by atoms with E-state index in [1.807, 2.05) is 19.2 Å². The number of hydrogen-bond donors (Lipinski definition) is 1. The molecule has 2 aromatic heterocycles. The Kier molecular flexibility index (Phi) is 6.07. The third kappa shape index (κ3) is 3.77. The molecule has 0 atom stereocenters. The molecule has 4 aromatic carbocycles. The van der Waals surface area contributed by atoms with Crippen molar-refractivity contribution in [1.29, 1.82) is 0 Å². The Morgan fingerprint density at radius 2 is 1.20 bits per heavy atom. The van der Waals surface area contributed by atoms with Crippen LogP contribution < -0.4 is 5.32 Å². The van der Waals surface area contributed by atoms with E-state index in [9.17, 15) is 9.59 Å². The predicted molar refractivity (Wildman–Crippen MR) is 166 cm³/mol. The van der Waals surface area contributed by atoms with Gasteiger partial charge in [0.05, 0.1) is 0 Å². The quantitative estimate of drug-likeness (QED) is 0.255. The second kappa shape index (κ2) is 9.81. The molecular weight excluding hydrogens is 508 g/mol. The minimum absolute atomic E-state index is 0.0502. The van der Waals surface area contributed by atoms with Gasteiger partial charge < -0.3 is 19.4 Å². The second-order valence-corrected chi connectivity index (χ2v) is 11.2. The lowest BCUT2D eigenvalue weighted by atomic mass is 10.0. The van der Waals surface area contributed by atoms with Crippen LogP contribution in [0.5, 0.6) is 0 Å². The van der Waals surface area contributed by atoms with Crippen LogP contribution in [0, 0.1) is 0 Å². The topological polar surface area (TPSA) is 59.3 Å². The van der Waals surface area contributed by atoms with Crippen LogP contribution in [0.15, 0.2) is 72.8 Å². The van der Waals surface area contributed by atoms with Crippen LogP contribution >= 0.6 is 0 Å². The summed E-state index contributed by atoms with van der Waals surface area (Å²) in [5.41, 5.74) is 9.05. The number of carbonyl (C=O) groups is 2. The average Bonchev–Trinajstić information content (AvgIpc) is 3.71. The summed E-state index contributed by atoms with van der Waals surface area (Å²) in [6.07, 6.45) is 2.20. The lowest BCUT2D eigenvalue weighted by Crippen LogP contribution is -2.17. The van der Waals surface area contributed by atoms with Gasteiger partial charge in [-0.05, 0) is 60.4 Å². The van der Waals surface area contributed by atoms with Crippen LogP contribution in [0.3, 0.4) is 0 Å². The Hall–Kier alpha value is -4.58. The fraction of sp³-hybridized carbons (Fsp3) is 0.257. The van der Waals surface area contributed by atoms with E-state index in [2.05, 4.69) is 89.0 Å². The predicted octanol–water partition coefficient (Wildman–Crippen LogP) is 7.24. The molecule has 2 aliphatic rings. The molecule has 0 saturated heterocycles. The van der Waals surface area contributed by atoms with E-state index in [1.165, 1.54) is 49.2 Å². The van der Waals surface area contributed by atoms with Crippen molar-refractivity contribution < 1.29 is 9.59 Å². The van der Waals surface area contributed by atoms with Gasteiger partial charge >= 0.3 is 0 Å². The first-order valence-corrected chi connectivity index (χ1v) is 14.6. The molecule has 0 bridgehead atoms. The monoisotopic (exact) mass is 542 g/mol. The molecule has 0 unspecified atom stereocenters. The fourth-order valence-electron chi connectivity index (χ4n) is 6.89. The molecule has 206 valence electrons. The first kappa shape index (κ1) is 25.4. The van der Waals surface area contributed by atoms with Gasteiger partial charge in [-0.25, -0.2) is 0 Å². The van der Waals surface area contributed by atoms with Crippen molar-refractivity contribution in [3.8, 4) is 0 Å². The first-order valence-electron chi connectivity index (χ1n) is 14.6. The third-order valence-corrected chi connectivity index (χ3v) is 8.63. The molecule has 0 saturated carbocycles. The summed E-state index contributed by atoms with van der Waals surface area (Å²) in [6.45, 7) is 7.76. The average molecular weight is 543 g/mol. The molecule has 6 aromatic rings. The summed E-state index contributed by atoms with van der Waals surface area (Å²) in [7, 11) is 1.87. The van der Waals surface area contributed by atoms with Crippen LogP contribution in [0.25, 0.3) is 43.6 Å². The summed E-state index contributed by atoms with van der Waals surface area (Å²) >= 11 is 0. The Morgan fingerprint density at radius 3 is 1.78 bits per heavy atom. The van der Waals surface area contributed by atoms with E-state index in [1.54, 1.807) is 4.90 Å². The fourth-order valence-corrected chi connectivity index (χ4v) is 6.89. The molecule has 0 spiro atoms. The van der Waals surface area contributed by atoms with Crippen LogP contribution in [-0.4, -0.2) is 32.9 Å². The Bertz CT molecular complexity index is 2010. The van der Waals surface area contributed by atoms with Gasteiger partial charge in [-0.1, -0.05) is 50.2 Å². The number of benzene rings is 4. The Labute approximate surface area is 239 Å². The number of aromatic nitrogens is 2. The van der Waals surface area contributed by atoms with E-state index in [0.29, 0.717) is 13.1 Å². The van der Waals surface area contributed by atoms with Crippen molar-refractivity contribution in [3.63, 3.8) is 0 Å². The van der Waals surface area contributed by atoms with E-state index in [0.717, 1.165) is 42.6 Å². The first-order chi connectivity index (χ1) is 20.0. The largest absolute Gasteiger partial charge is 0.348 e. The lowest BCUT2D eigenvalue weighted by molar-refractivity contribution is 0.0816. The van der Waals surface area contributed by atoms with Crippen molar-refractivity contribution >= 4 is 55.4 Å². The lowest BCUT2D eigenvalue weighted by Gasteiger charge is -2.05. The number of aryl methyl sites for hydroxylation is 2. The molecule has 0 radical (unpaired) electrons. The molecule has 1 N–H and O–H groups in total. The minimum atomic E-state index is 0.0502. The zero-order valence-electron chi connectivity index (χ0n) is 23.8. The SMILES string of the molecule is CCCn1c2ccccc2c2c3c(ccc21)C(=O)N(C)C3.CCCn1c2ccccc2c2c3c(ccc21)C(=O)NC3. The van der Waals surface area contributed by atoms with Gasteiger partial charge in [-0.15, -0.1) is 0 Å². The molecule has 6 heteroatoms. The highest BCUT2D eigenvalue weighted by atomic mass is 16.2. The van der Waals surface area contributed by atoms with Gasteiger partial charge in [0.15, 0.2) is 0 Å². The van der Waals surface area contributed by atoms with E-state index < -0.39 is 0 Å². The van der Waals surface area contributed by atoms with Gasteiger partial charge in [0.1, 0.15) is 0 Å². The van der Waals surface area contributed by atoms with Gasteiger partial charge in [-0.2, -0.15) is 0 Å². The van der Waals surface area contributed by atoms with Gasteiger partial charge in [0.2, 0.25) is 0 Å². The highest BCUT2D eigenvalue weighted by Gasteiger charge is 2.28. The molecule has 2 aliphatic heterocycles. The Balaban J connectivity index is 0.000000135. The van der Waals surface area contributed by atoms with E-state index in [4.69, 9.17) is 0 Å². The summed E-state index contributed by atoms with van der Waals surface area (Å²) in [5.74, 6) is 0.188. The summed E-state index contributed by atoms with van der Waals surface area (Å²) in [5, 5.41) is 7.95. The Morgan fingerprint density at radius 1 is 0.659 bits per heavy atom. The number of hydrogen-bond acceptors (Lipinski definition) is 2. The van der Waals surface area contributed by atoms with Gasteiger partial charge in [0, 0.05) is 88.0 Å². The third-order valence-electron chi connectivity index (χ3n) is 8.63. The van der Waals surface area contributed by atoms with Gasteiger partial charge in [0.25, 0.3) is 11.8 Å². The number of para-hydroxylation sites is 2. The number of fused-ring (bicyclic) bond motifs is 10. The van der Waals surface area contributed by atoms with Crippen molar-refractivity contribution in [3.05, 3.63) is 95.1 Å². The van der Waals surface area contributed by atoms with E-state index >= 15 is 0 Å². The molecule has 4 heterocycles. The molecule has 0 fully saturated rings. The van der Waals surface area contributed by atoms with Crippen LogP contribution in [0.1, 0.15) is 58.5 Å². The summed E-state index contributed by atoms with van der Waals surface area (Å²) in [4.78, 5) is 25.9. The van der Waals surface area contributed by atoms with Crippen molar-refractivity contribution in [1.82, 2.24) is 19.4 Å². The number of rotatable bonds is 4. The molecule has 0 aliphatic carbocycles.